The van der Waals surface area contributed by atoms with Gasteiger partial charge in [-0.05, 0) is 51.2 Å². The second-order valence-electron chi connectivity index (χ2n) is 7.06. The molecule has 1 aromatic heterocycles. The first kappa shape index (κ1) is 15.3. The van der Waals surface area contributed by atoms with Crippen molar-refractivity contribution in [1.29, 1.82) is 5.26 Å². The molecule has 4 nitrogen and oxygen atoms in total. The van der Waals surface area contributed by atoms with Crippen LogP contribution in [0.15, 0.2) is 12.1 Å². The van der Waals surface area contributed by atoms with Crippen molar-refractivity contribution in [2.45, 2.75) is 64.0 Å². The maximum absolute atomic E-state index is 10.8. The number of nitriles is 1. The second kappa shape index (κ2) is 5.89. The fraction of sp³-hybridized carbons (Fsp3) is 0.667. The van der Waals surface area contributed by atoms with Crippen molar-refractivity contribution in [3.05, 3.63) is 23.4 Å². The second-order valence-corrected chi connectivity index (χ2v) is 7.06. The monoisotopic (exact) mass is 299 g/mol. The van der Waals surface area contributed by atoms with Crippen molar-refractivity contribution in [3.8, 4) is 6.07 Å². The van der Waals surface area contributed by atoms with Crippen LogP contribution < -0.4 is 4.90 Å². The molecule has 4 heteroatoms. The number of hydrogen-bond donors (Lipinski definition) is 1. The maximum Gasteiger partial charge on any atom is 0.145 e. The Hall–Kier alpha value is -1.60. The zero-order chi connectivity index (χ0) is 15.7. The number of aromatic nitrogens is 1. The van der Waals surface area contributed by atoms with Crippen molar-refractivity contribution >= 4 is 5.82 Å². The molecule has 118 valence electrons. The standard InChI is InChI=1S/C18H25N3O/c1-13-8-9-17(20-15(13)12-19)21-11-5-7-16(21)14-6-3-4-10-18(14,2)22/h8-9,14,16,22H,3-7,10-11H2,1-2H3. The third kappa shape index (κ3) is 2.70. The molecule has 1 aliphatic carbocycles. The molecule has 3 unspecified atom stereocenters. The van der Waals surface area contributed by atoms with Gasteiger partial charge in [-0.2, -0.15) is 5.26 Å². The van der Waals surface area contributed by atoms with Crippen molar-refractivity contribution in [3.63, 3.8) is 0 Å². The molecule has 1 aromatic rings. The van der Waals surface area contributed by atoms with Crippen LogP contribution in [0.5, 0.6) is 0 Å². The van der Waals surface area contributed by atoms with E-state index in [-0.39, 0.29) is 0 Å². The van der Waals surface area contributed by atoms with Crippen LogP contribution in [0.25, 0.3) is 0 Å². The van der Waals surface area contributed by atoms with Gasteiger partial charge in [0.2, 0.25) is 0 Å². The molecule has 1 aliphatic heterocycles. The van der Waals surface area contributed by atoms with Crippen molar-refractivity contribution in [1.82, 2.24) is 4.98 Å². The highest BCUT2D eigenvalue weighted by atomic mass is 16.3. The maximum atomic E-state index is 10.8. The molecule has 2 fully saturated rings. The minimum atomic E-state index is -0.575. The molecule has 3 rings (SSSR count). The summed E-state index contributed by atoms with van der Waals surface area (Å²) in [7, 11) is 0. The molecule has 22 heavy (non-hydrogen) atoms. The van der Waals surface area contributed by atoms with E-state index in [9.17, 15) is 10.4 Å². The predicted molar refractivity (Wildman–Crippen MR) is 86.6 cm³/mol. The van der Waals surface area contributed by atoms with Crippen LogP contribution in [0.2, 0.25) is 0 Å². The summed E-state index contributed by atoms with van der Waals surface area (Å²) in [5.41, 5.74) is 0.860. The van der Waals surface area contributed by atoms with E-state index in [1.54, 1.807) is 0 Å². The number of anilines is 1. The Bertz CT molecular complexity index is 590. The van der Waals surface area contributed by atoms with Gasteiger partial charge in [0.15, 0.2) is 0 Å². The van der Waals surface area contributed by atoms with Gasteiger partial charge in [-0.25, -0.2) is 4.98 Å². The molecular formula is C18H25N3O. The number of rotatable bonds is 2. The molecule has 1 N–H and O–H groups in total. The Morgan fingerprint density at radius 2 is 2.14 bits per heavy atom. The number of aryl methyl sites for hydroxylation is 1. The molecule has 2 heterocycles. The molecule has 0 spiro atoms. The van der Waals surface area contributed by atoms with Crippen molar-refractivity contribution in [2.75, 3.05) is 11.4 Å². The molecule has 3 atom stereocenters. The van der Waals surface area contributed by atoms with E-state index in [0.29, 0.717) is 17.7 Å². The highest BCUT2D eigenvalue weighted by molar-refractivity contribution is 5.46. The van der Waals surface area contributed by atoms with E-state index in [1.165, 1.54) is 6.42 Å². The number of hydrogen-bond acceptors (Lipinski definition) is 4. The Balaban J connectivity index is 1.89. The molecule has 2 aliphatic rings. The molecule has 0 amide bonds. The zero-order valence-corrected chi connectivity index (χ0v) is 13.5. The van der Waals surface area contributed by atoms with Crippen LogP contribution in [0.4, 0.5) is 5.82 Å². The highest BCUT2D eigenvalue weighted by Gasteiger charge is 2.43. The predicted octanol–water partition coefficient (Wildman–Crippen LogP) is 3.17. The molecular weight excluding hydrogens is 274 g/mol. The quantitative estimate of drug-likeness (QED) is 0.911. The van der Waals surface area contributed by atoms with E-state index >= 15 is 0 Å². The van der Waals surface area contributed by atoms with Gasteiger partial charge in [-0.1, -0.05) is 18.9 Å². The average Bonchev–Trinajstić information content (AvgIpc) is 2.96. The van der Waals surface area contributed by atoms with E-state index in [4.69, 9.17) is 0 Å². The van der Waals surface area contributed by atoms with Gasteiger partial charge in [0, 0.05) is 18.5 Å². The lowest BCUT2D eigenvalue weighted by Crippen LogP contribution is -2.49. The summed E-state index contributed by atoms with van der Waals surface area (Å²) in [4.78, 5) is 6.87. The lowest BCUT2D eigenvalue weighted by molar-refractivity contribution is -0.0411. The fourth-order valence-electron chi connectivity index (χ4n) is 4.24. The summed E-state index contributed by atoms with van der Waals surface area (Å²) in [6.07, 6.45) is 6.55. The molecule has 0 aromatic carbocycles. The highest BCUT2D eigenvalue weighted by Crippen LogP contribution is 2.41. The van der Waals surface area contributed by atoms with Gasteiger partial charge in [-0.15, -0.1) is 0 Å². The summed E-state index contributed by atoms with van der Waals surface area (Å²) < 4.78 is 0. The van der Waals surface area contributed by atoms with Gasteiger partial charge >= 0.3 is 0 Å². The van der Waals surface area contributed by atoms with Crippen LogP contribution in [-0.4, -0.2) is 28.3 Å². The molecule has 0 radical (unpaired) electrons. The van der Waals surface area contributed by atoms with E-state index in [0.717, 1.165) is 50.0 Å². The number of aliphatic hydroxyl groups is 1. The van der Waals surface area contributed by atoms with Crippen LogP contribution >= 0.6 is 0 Å². The van der Waals surface area contributed by atoms with Crippen molar-refractivity contribution in [2.24, 2.45) is 5.92 Å². The Kier molecular flexibility index (Phi) is 4.10. The number of nitrogens with zero attached hydrogens (tertiary/aromatic N) is 3. The van der Waals surface area contributed by atoms with Crippen LogP contribution in [0, 0.1) is 24.2 Å². The van der Waals surface area contributed by atoms with E-state index < -0.39 is 5.60 Å². The number of pyridine rings is 1. The topological polar surface area (TPSA) is 60.1 Å². The van der Waals surface area contributed by atoms with Gasteiger partial charge in [0.05, 0.1) is 5.60 Å². The van der Waals surface area contributed by atoms with Gasteiger partial charge in [0.1, 0.15) is 17.6 Å². The third-order valence-electron chi connectivity index (χ3n) is 5.49. The summed E-state index contributed by atoms with van der Waals surface area (Å²) in [6, 6.07) is 6.53. The SMILES string of the molecule is Cc1ccc(N2CCCC2C2CCCCC2(C)O)nc1C#N. The summed E-state index contributed by atoms with van der Waals surface area (Å²) in [6.45, 7) is 4.89. The summed E-state index contributed by atoms with van der Waals surface area (Å²) in [5, 5.41) is 20.0. The van der Waals surface area contributed by atoms with Crippen LogP contribution in [0.1, 0.15) is 56.7 Å². The summed E-state index contributed by atoms with van der Waals surface area (Å²) in [5.74, 6) is 1.20. The molecule has 1 saturated carbocycles. The Labute approximate surface area is 132 Å². The minimum absolute atomic E-state index is 0.303. The molecule has 1 saturated heterocycles. The van der Waals surface area contributed by atoms with E-state index in [2.05, 4.69) is 16.0 Å². The van der Waals surface area contributed by atoms with Gasteiger partial charge in [0.25, 0.3) is 0 Å². The van der Waals surface area contributed by atoms with Gasteiger partial charge in [-0.3, -0.25) is 0 Å². The third-order valence-corrected chi connectivity index (χ3v) is 5.49. The Morgan fingerprint density at radius 3 is 2.86 bits per heavy atom. The summed E-state index contributed by atoms with van der Waals surface area (Å²) >= 11 is 0. The first-order chi connectivity index (χ1) is 10.5. The Morgan fingerprint density at radius 1 is 1.32 bits per heavy atom. The molecule has 0 bridgehead atoms. The van der Waals surface area contributed by atoms with Gasteiger partial charge < -0.3 is 10.0 Å². The lowest BCUT2D eigenvalue weighted by atomic mass is 9.72. The zero-order valence-electron chi connectivity index (χ0n) is 13.5. The van der Waals surface area contributed by atoms with E-state index in [1.807, 2.05) is 26.0 Å². The fourth-order valence-corrected chi connectivity index (χ4v) is 4.24. The largest absolute Gasteiger partial charge is 0.390 e. The lowest BCUT2D eigenvalue weighted by Gasteiger charge is -2.43. The van der Waals surface area contributed by atoms with Crippen molar-refractivity contribution < 1.29 is 5.11 Å². The normalized spacial score (nSPS) is 32.0. The minimum Gasteiger partial charge on any atom is -0.390 e. The average molecular weight is 299 g/mol. The van der Waals surface area contributed by atoms with Crippen LogP contribution in [0.3, 0.4) is 0 Å². The first-order valence-corrected chi connectivity index (χ1v) is 8.40. The van der Waals surface area contributed by atoms with Crippen LogP contribution in [-0.2, 0) is 0 Å². The smallest absolute Gasteiger partial charge is 0.145 e. The first-order valence-electron chi connectivity index (χ1n) is 8.40.